The highest BCUT2D eigenvalue weighted by molar-refractivity contribution is 14.1. The van der Waals surface area contributed by atoms with Crippen LogP contribution in [0.4, 0.5) is 0 Å². The molecule has 0 aromatic heterocycles. The summed E-state index contributed by atoms with van der Waals surface area (Å²) in [4.78, 5) is 0. The van der Waals surface area contributed by atoms with Gasteiger partial charge in [0.15, 0.2) is 0 Å². The Hall–Kier alpha value is -0.0900. The quantitative estimate of drug-likeness (QED) is 0.760. The van der Waals surface area contributed by atoms with Crippen molar-refractivity contribution in [1.29, 1.82) is 0 Å². The Bertz CT molecular complexity index is 238. The van der Waals surface area contributed by atoms with Gasteiger partial charge in [-0.05, 0) is 40.3 Å². The molecule has 0 atom stereocenters. The third-order valence-electron chi connectivity index (χ3n) is 2.12. The summed E-state index contributed by atoms with van der Waals surface area (Å²) in [6.07, 6.45) is 0. The van der Waals surface area contributed by atoms with Gasteiger partial charge in [-0.1, -0.05) is 12.1 Å². The average Bonchev–Trinajstić information content (AvgIpc) is 1.90. The molecule has 2 rings (SSSR count). The lowest BCUT2D eigenvalue weighted by Crippen LogP contribution is -2.39. The first kappa shape index (κ1) is 7.55. The Labute approximate surface area is 80.3 Å². The van der Waals surface area contributed by atoms with E-state index in [4.69, 9.17) is 0 Å². The molecule has 0 radical (unpaired) electrons. The van der Waals surface area contributed by atoms with Crippen molar-refractivity contribution in [3.05, 3.63) is 33.4 Å². The standard InChI is InChI=1S/C9H10IN/c10-9-3-1-7(2-4-9)8-5-11-6-8/h1-4,8,11H,5-6H2. The first-order valence-electron chi connectivity index (χ1n) is 3.82. The van der Waals surface area contributed by atoms with Gasteiger partial charge in [0.2, 0.25) is 0 Å². The minimum absolute atomic E-state index is 0.770. The monoisotopic (exact) mass is 259 g/mol. The molecule has 0 amide bonds. The van der Waals surface area contributed by atoms with E-state index in [1.54, 1.807) is 0 Å². The maximum Gasteiger partial charge on any atom is 0.0130 e. The molecule has 2 heteroatoms. The fourth-order valence-corrected chi connectivity index (χ4v) is 1.62. The highest BCUT2D eigenvalue weighted by Gasteiger charge is 2.17. The molecule has 1 saturated heterocycles. The molecule has 1 aromatic carbocycles. The first-order chi connectivity index (χ1) is 5.36. The third kappa shape index (κ3) is 1.56. The predicted octanol–water partition coefficient (Wildman–Crippen LogP) is 1.98. The Morgan fingerprint density at radius 3 is 2.27 bits per heavy atom. The van der Waals surface area contributed by atoms with Crippen molar-refractivity contribution in [2.75, 3.05) is 13.1 Å². The highest BCUT2D eigenvalue weighted by Crippen LogP contribution is 2.20. The van der Waals surface area contributed by atoms with E-state index in [9.17, 15) is 0 Å². The number of hydrogen-bond acceptors (Lipinski definition) is 1. The minimum atomic E-state index is 0.770. The van der Waals surface area contributed by atoms with Crippen LogP contribution in [0.1, 0.15) is 11.5 Å². The van der Waals surface area contributed by atoms with Gasteiger partial charge >= 0.3 is 0 Å². The van der Waals surface area contributed by atoms with Crippen LogP contribution >= 0.6 is 22.6 Å². The van der Waals surface area contributed by atoms with E-state index >= 15 is 0 Å². The Balaban J connectivity index is 2.18. The van der Waals surface area contributed by atoms with Crippen LogP contribution in [-0.4, -0.2) is 13.1 Å². The Morgan fingerprint density at radius 1 is 1.18 bits per heavy atom. The number of rotatable bonds is 1. The third-order valence-corrected chi connectivity index (χ3v) is 2.84. The van der Waals surface area contributed by atoms with Crippen LogP contribution in [0.2, 0.25) is 0 Å². The molecule has 1 N–H and O–H groups in total. The van der Waals surface area contributed by atoms with Crippen molar-refractivity contribution in [2.45, 2.75) is 5.92 Å². The smallest absolute Gasteiger partial charge is 0.0130 e. The Morgan fingerprint density at radius 2 is 1.82 bits per heavy atom. The molecule has 1 aliphatic rings. The average molecular weight is 259 g/mol. The number of benzene rings is 1. The fraction of sp³-hybridized carbons (Fsp3) is 0.333. The van der Waals surface area contributed by atoms with E-state index in [2.05, 4.69) is 52.2 Å². The maximum absolute atomic E-state index is 3.27. The molecular formula is C9H10IN. The second kappa shape index (κ2) is 3.11. The van der Waals surface area contributed by atoms with Crippen molar-refractivity contribution < 1.29 is 0 Å². The molecule has 0 saturated carbocycles. The summed E-state index contributed by atoms with van der Waals surface area (Å²) < 4.78 is 1.32. The van der Waals surface area contributed by atoms with E-state index in [0.717, 1.165) is 19.0 Å². The summed E-state index contributed by atoms with van der Waals surface area (Å²) in [7, 11) is 0. The summed E-state index contributed by atoms with van der Waals surface area (Å²) in [6.45, 7) is 2.31. The number of nitrogens with one attached hydrogen (secondary N) is 1. The van der Waals surface area contributed by atoms with Crippen LogP contribution in [0, 0.1) is 3.57 Å². The predicted molar refractivity (Wildman–Crippen MR) is 54.8 cm³/mol. The lowest BCUT2D eigenvalue weighted by atomic mass is 9.94. The van der Waals surface area contributed by atoms with Gasteiger partial charge in [0.05, 0.1) is 0 Å². The van der Waals surface area contributed by atoms with Crippen LogP contribution in [-0.2, 0) is 0 Å². The van der Waals surface area contributed by atoms with Crippen LogP contribution in [0.15, 0.2) is 24.3 Å². The van der Waals surface area contributed by atoms with Crippen molar-refractivity contribution >= 4 is 22.6 Å². The lowest BCUT2D eigenvalue weighted by molar-refractivity contribution is 0.448. The molecule has 0 spiro atoms. The zero-order valence-corrected chi connectivity index (χ0v) is 8.34. The summed E-state index contributed by atoms with van der Waals surface area (Å²) in [6, 6.07) is 8.81. The largest absolute Gasteiger partial charge is 0.315 e. The molecule has 0 bridgehead atoms. The van der Waals surface area contributed by atoms with Gasteiger partial charge in [0, 0.05) is 22.6 Å². The van der Waals surface area contributed by atoms with Crippen LogP contribution in [0.3, 0.4) is 0 Å². The molecule has 1 aliphatic heterocycles. The Kier molecular flexibility index (Phi) is 2.13. The molecule has 58 valence electrons. The molecular weight excluding hydrogens is 249 g/mol. The SMILES string of the molecule is Ic1ccc(C2CNC2)cc1. The molecule has 1 aromatic rings. The maximum atomic E-state index is 3.27. The van der Waals surface area contributed by atoms with Gasteiger partial charge in [-0.3, -0.25) is 0 Å². The van der Waals surface area contributed by atoms with E-state index in [0.29, 0.717) is 0 Å². The summed E-state index contributed by atoms with van der Waals surface area (Å²) in [5.41, 5.74) is 1.48. The van der Waals surface area contributed by atoms with Gasteiger partial charge < -0.3 is 5.32 Å². The van der Waals surface area contributed by atoms with Crippen molar-refractivity contribution in [2.24, 2.45) is 0 Å². The zero-order chi connectivity index (χ0) is 7.68. The first-order valence-corrected chi connectivity index (χ1v) is 4.90. The van der Waals surface area contributed by atoms with Crippen LogP contribution < -0.4 is 5.32 Å². The highest BCUT2D eigenvalue weighted by atomic mass is 127. The normalized spacial score (nSPS) is 17.9. The molecule has 1 fully saturated rings. The summed E-state index contributed by atoms with van der Waals surface area (Å²) in [5, 5.41) is 3.27. The molecule has 11 heavy (non-hydrogen) atoms. The number of halogens is 1. The van der Waals surface area contributed by atoms with Gasteiger partial charge in [0.1, 0.15) is 0 Å². The molecule has 1 heterocycles. The van der Waals surface area contributed by atoms with E-state index in [-0.39, 0.29) is 0 Å². The molecule has 0 aliphatic carbocycles. The van der Waals surface area contributed by atoms with Crippen LogP contribution in [0.25, 0.3) is 0 Å². The second-order valence-corrected chi connectivity index (χ2v) is 4.15. The van der Waals surface area contributed by atoms with Crippen molar-refractivity contribution in [1.82, 2.24) is 5.32 Å². The zero-order valence-electron chi connectivity index (χ0n) is 6.18. The molecule has 0 unspecified atom stereocenters. The van der Waals surface area contributed by atoms with E-state index in [1.807, 2.05) is 0 Å². The minimum Gasteiger partial charge on any atom is -0.315 e. The van der Waals surface area contributed by atoms with Crippen LogP contribution in [0.5, 0.6) is 0 Å². The second-order valence-electron chi connectivity index (χ2n) is 2.91. The van der Waals surface area contributed by atoms with Gasteiger partial charge in [0.25, 0.3) is 0 Å². The van der Waals surface area contributed by atoms with Gasteiger partial charge in [-0.25, -0.2) is 0 Å². The van der Waals surface area contributed by atoms with Crippen molar-refractivity contribution in [3.8, 4) is 0 Å². The van der Waals surface area contributed by atoms with E-state index in [1.165, 1.54) is 9.13 Å². The summed E-state index contributed by atoms with van der Waals surface area (Å²) >= 11 is 2.33. The van der Waals surface area contributed by atoms with Gasteiger partial charge in [-0.15, -0.1) is 0 Å². The summed E-state index contributed by atoms with van der Waals surface area (Å²) in [5.74, 6) is 0.770. The van der Waals surface area contributed by atoms with E-state index < -0.39 is 0 Å². The van der Waals surface area contributed by atoms with Crippen molar-refractivity contribution in [3.63, 3.8) is 0 Å². The number of hydrogen-bond donors (Lipinski definition) is 1. The topological polar surface area (TPSA) is 12.0 Å². The lowest BCUT2D eigenvalue weighted by Gasteiger charge is -2.27. The van der Waals surface area contributed by atoms with Gasteiger partial charge in [-0.2, -0.15) is 0 Å². The molecule has 1 nitrogen and oxygen atoms in total. The fourth-order valence-electron chi connectivity index (χ4n) is 1.26.